The fourth-order valence-electron chi connectivity index (χ4n) is 4.67. The predicted molar refractivity (Wildman–Crippen MR) is 167 cm³/mol. The molecule has 4 atom stereocenters. The van der Waals surface area contributed by atoms with Crippen molar-refractivity contribution in [2.45, 2.75) is 63.2 Å². The highest BCUT2D eigenvalue weighted by Gasteiger charge is 2.31. The van der Waals surface area contributed by atoms with E-state index in [4.69, 9.17) is 21.1 Å². The largest absolute Gasteiger partial charge is 0.490 e. The number of likely N-dealkylation sites (N-methyl/N-ethyl adjacent to an activating group) is 1. The lowest BCUT2D eigenvalue weighted by Gasteiger charge is -2.35. The maximum Gasteiger partial charge on any atom is 0.261 e. The van der Waals surface area contributed by atoms with E-state index in [-0.39, 0.29) is 53.6 Å². The van der Waals surface area contributed by atoms with Crippen LogP contribution in [0.2, 0.25) is 5.02 Å². The Hall–Kier alpha value is -2.42. The summed E-state index contributed by atoms with van der Waals surface area (Å²) in [5, 5.41) is 10.5. The number of nitrogens with one attached hydrogen (secondary N) is 1. The SMILES string of the molecule is C[C@H](CO)N1C[C@H](C)[C@H](CN(C)S(C)(=O)=O)OCCCC[C@H](C)Oc2ccc(NS(=O)(=O)c3ccc(Cl)cc3)cc2C1=O. The minimum atomic E-state index is -3.99. The van der Waals surface area contributed by atoms with Crippen LogP contribution in [0.3, 0.4) is 0 Å². The monoisotopic (exact) mass is 659 g/mol. The molecule has 1 aliphatic rings. The number of amides is 1. The molecule has 1 amide bonds. The molecule has 3 rings (SSSR count). The van der Waals surface area contributed by atoms with Gasteiger partial charge in [-0.25, -0.2) is 21.1 Å². The van der Waals surface area contributed by atoms with Gasteiger partial charge in [-0.1, -0.05) is 18.5 Å². The standard InChI is InChI=1S/C29H42ClN3O8S2/c1-20-17-33(21(2)19-34)29(35)26-16-24(31-43(38,39)25-12-9-23(30)10-13-25)11-14-27(26)41-22(3)8-6-7-15-40-28(20)18-32(4)42(5,36)37/h9-14,16,20-22,28,31,34H,6-8,15,17-19H2,1-5H3/t20-,21+,22-,28-/m0/s1. The Balaban J connectivity index is 2.02. The molecule has 2 aromatic carbocycles. The number of carbonyl (C=O) groups is 1. The maximum atomic E-state index is 14.2. The van der Waals surface area contributed by atoms with Gasteiger partial charge in [0.05, 0.1) is 41.6 Å². The third-order valence-electron chi connectivity index (χ3n) is 7.43. The molecular weight excluding hydrogens is 618 g/mol. The molecule has 0 fully saturated rings. The van der Waals surface area contributed by atoms with Gasteiger partial charge in [0.25, 0.3) is 15.9 Å². The number of sulfonamides is 2. The zero-order valence-corrected chi connectivity index (χ0v) is 27.6. The number of aliphatic hydroxyl groups excluding tert-OH is 1. The van der Waals surface area contributed by atoms with Crippen LogP contribution in [0.25, 0.3) is 0 Å². The van der Waals surface area contributed by atoms with E-state index >= 15 is 0 Å². The van der Waals surface area contributed by atoms with Gasteiger partial charge in [0.15, 0.2) is 0 Å². The van der Waals surface area contributed by atoms with Crippen LogP contribution >= 0.6 is 11.6 Å². The number of anilines is 1. The van der Waals surface area contributed by atoms with E-state index in [0.29, 0.717) is 18.1 Å². The van der Waals surface area contributed by atoms with Crippen LogP contribution in [0.15, 0.2) is 47.4 Å². The Bertz CT molecular complexity index is 1450. The van der Waals surface area contributed by atoms with Crippen molar-refractivity contribution in [3.8, 4) is 5.75 Å². The molecule has 1 heterocycles. The van der Waals surface area contributed by atoms with Crippen molar-refractivity contribution >= 4 is 43.2 Å². The van der Waals surface area contributed by atoms with Crippen molar-refractivity contribution < 1.29 is 36.2 Å². The third-order valence-corrected chi connectivity index (χ3v) is 10.4. The number of nitrogens with zero attached hydrogens (tertiary/aromatic N) is 2. The third kappa shape index (κ3) is 9.79. The summed E-state index contributed by atoms with van der Waals surface area (Å²) < 4.78 is 66.5. The Kier molecular flexibility index (Phi) is 12.3. The number of aliphatic hydroxyl groups is 1. The fourth-order valence-corrected chi connectivity index (χ4v) is 6.26. The highest BCUT2D eigenvalue weighted by atomic mass is 35.5. The molecule has 0 aliphatic carbocycles. The predicted octanol–water partition coefficient (Wildman–Crippen LogP) is 3.83. The number of halogens is 1. The molecule has 2 aromatic rings. The summed E-state index contributed by atoms with van der Waals surface area (Å²) in [6.45, 7) is 5.77. The van der Waals surface area contributed by atoms with Gasteiger partial charge in [0.2, 0.25) is 10.0 Å². The second kappa shape index (κ2) is 15.0. The van der Waals surface area contributed by atoms with Gasteiger partial charge in [-0.05, 0) is 75.6 Å². The zero-order chi connectivity index (χ0) is 31.9. The number of benzene rings is 2. The number of hydrogen-bond donors (Lipinski definition) is 2. The number of hydrogen-bond acceptors (Lipinski definition) is 8. The quantitative estimate of drug-likeness (QED) is 0.436. The van der Waals surface area contributed by atoms with Gasteiger partial charge in [-0.3, -0.25) is 9.52 Å². The molecule has 240 valence electrons. The minimum Gasteiger partial charge on any atom is -0.490 e. The first kappa shape index (κ1) is 35.1. The Labute approximate surface area is 260 Å². The minimum absolute atomic E-state index is 0.00244. The maximum absolute atomic E-state index is 14.2. The number of ether oxygens (including phenoxy) is 2. The first-order valence-corrected chi connectivity index (χ1v) is 17.9. The van der Waals surface area contributed by atoms with Crippen LogP contribution in [0.5, 0.6) is 5.75 Å². The number of fused-ring (bicyclic) bond motifs is 1. The van der Waals surface area contributed by atoms with Gasteiger partial charge in [-0.15, -0.1) is 0 Å². The van der Waals surface area contributed by atoms with Crippen LogP contribution in [-0.4, -0.2) is 94.9 Å². The van der Waals surface area contributed by atoms with E-state index in [0.717, 1.165) is 19.1 Å². The van der Waals surface area contributed by atoms with Gasteiger partial charge < -0.3 is 19.5 Å². The van der Waals surface area contributed by atoms with Crippen molar-refractivity contribution in [3.63, 3.8) is 0 Å². The Morgan fingerprint density at radius 1 is 1.12 bits per heavy atom. The van der Waals surface area contributed by atoms with Crippen LogP contribution in [0.4, 0.5) is 5.69 Å². The molecule has 0 saturated carbocycles. The molecule has 0 saturated heterocycles. The summed E-state index contributed by atoms with van der Waals surface area (Å²) in [6.07, 6.45) is 2.52. The molecule has 43 heavy (non-hydrogen) atoms. The summed E-state index contributed by atoms with van der Waals surface area (Å²) in [7, 11) is -5.98. The van der Waals surface area contributed by atoms with Crippen LogP contribution in [-0.2, 0) is 24.8 Å². The smallest absolute Gasteiger partial charge is 0.261 e. The summed E-state index contributed by atoms with van der Waals surface area (Å²) in [5.41, 5.74) is 0.276. The van der Waals surface area contributed by atoms with E-state index < -0.39 is 38.1 Å². The van der Waals surface area contributed by atoms with Crippen molar-refractivity contribution in [2.75, 3.05) is 44.3 Å². The van der Waals surface area contributed by atoms with Crippen LogP contribution in [0, 0.1) is 5.92 Å². The molecule has 11 nitrogen and oxygen atoms in total. The summed E-state index contributed by atoms with van der Waals surface area (Å²) in [6, 6.07) is 9.61. The Morgan fingerprint density at radius 3 is 2.42 bits per heavy atom. The molecule has 1 aliphatic heterocycles. The van der Waals surface area contributed by atoms with E-state index in [1.807, 2.05) is 13.8 Å². The average molecular weight is 660 g/mol. The zero-order valence-electron chi connectivity index (χ0n) is 25.2. The fraction of sp³-hybridized carbons (Fsp3) is 0.552. The lowest BCUT2D eigenvalue weighted by atomic mass is 10.0. The highest BCUT2D eigenvalue weighted by molar-refractivity contribution is 7.92. The van der Waals surface area contributed by atoms with Crippen LogP contribution < -0.4 is 9.46 Å². The number of carbonyl (C=O) groups excluding carboxylic acids is 1. The normalized spacial score (nSPS) is 21.9. The van der Waals surface area contributed by atoms with Gasteiger partial charge in [0, 0.05) is 43.4 Å². The highest BCUT2D eigenvalue weighted by Crippen LogP contribution is 2.29. The molecule has 0 bridgehead atoms. The topological polar surface area (TPSA) is 143 Å². The molecule has 0 radical (unpaired) electrons. The Morgan fingerprint density at radius 2 is 1.79 bits per heavy atom. The molecular formula is C29H42ClN3O8S2. The average Bonchev–Trinajstić information content (AvgIpc) is 2.94. The molecule has 2 N–H and O–H groups in total. The lowest BCUT2D eigenvalue weighted by Crippen LogP contribution is -2.47. The lowest BCUT2D eigenvalue weighted by molar-refractivity contribution is -0.00828. The molecule has 0 aromatic heterocycles. The molecule has 0 spiro atoms. The second-order valence-electron chi connectivity index (χ2n) is 11.1. The van der Waals surface area contributed by atoms with Crippen molar-refractivity contribution in [1.82, 2.24) is 9.21 Å². The van der Waals surface area contributed by atoms with Crippen molar-refractivity contribution in [3.05, 3.63) is 53.1 Å². The van der Waals surface area contributed by atoms with E-state index in [1.54, 1.807) is 13.0 Å². The molecule has 14 heteroatoms. The van der Waals surface area contributed by atoms with Crippen molar-refractivity contribution in [1.29, 1.82) is 0 Å². The summed E-state index contributed by atoms with van der Waals surface area (Å²) >= 11 is 5.91. The summed E-state index contributed by atoms with van der Waals surface area (Å²) in [4.78, 5) is 15.7. The van der Waals surface area contributed by atoms with Gasteiger partial charge >= 0.3 is 0 Å². The van der Waals surface area contributed by atoms with Crippen molar-refractivity contribution in [2.24, 2.45) is 5.92 Å². The second-order valence-corrected chi connectivity index (χ2v) is 15.3. The van der Waals surface area contributed by atoms with E-state index in [9.17, 15) is 26.7 Å². The van der Waals surface area contributed by atoms with Gasteiger partial charge in [-0.2, -0.15) is 0 Å². The van der Waals surface area contributed by atoms with Gasteiger partial charge in [0.1, 0.15) is 5.75 Å². The molecule has 0 unspecified atom stereocenters. The number of rotatable bonds is 8. The first-order valence-electron chi connectivity index (χ1n) is 14.2. The summed E-state index contributed by atoms with van der Waals surface area (Å²) in [5.74, 6) is -0.508. The van der Waals surface area contributed by atoms with E-state index in [2.05, 4.69) is 4.72 Å². The first-order chi connectivity index (χ1) is 20.1. The van der Waals surface area contributed by atoms with E-state index in [1.165, 1.54) is 52.7 Å². The van der Waals surface area contributed by atoms with Crippen LogP contribution in [0.1, 0.15) is 50.4 Å².